The second-order valence-electron chi connectivity index (χ2n) is 4.69. The van der Waals surface area contributed by atoms with Gasteiger partial charge in [-0.15, -0.1) is 0 Å². The van der Waals surface area contributed by atoms with Crippen LogP contribution in [0.15, 0.2) is 48.5 Å². The Bertz CT molecular complexity index is 759. The molecule has 0 amide bonds. The van der Waals surface area contributed by atoms with Gasteiger partial charge in [0.1, 0.15) is 0 Å². The molecule has 2 aromatic rings. The van der Waals surface area contributed by atoms with E-state index in [1.165, 1.54) is 7.11 Å². The van der Waals surface area contributed by atoms with Gasteiger partial charge in [-0.25, -0.2) is 4.85 Å². The number of carbonyl (C=O) groups is 1. The smallest absolute Gasteiger partial charge is 0.305 e. The van der Waals surface area contributed by atoms with E-state index in [-0.39, 0.29) is 5.97 Å². The number of ether oxygens (including phenoxy) is 1. The van der Waals surface area contributed by atoms with E-state index in [2.05, 4.69) is 21.4 Å². The van der Waals surface area contributed by atoms with E-state index in [1.54, 1.807) is 12.1 Å². The molecule has 0 spiro atoms. The summed E-state index contributed by atoms with van der Waals surface area (Å²) in [6, 6.07) is 15.0. The van der Waals surface area contributed by atoms with Crippen LogP contribution in [-0.4, -0.2) is 13.1 Å². The molecule has 0 radical (unpaired) electrons. The SMILES string of the molecule is [C-]#[N+]c1cccc(C#Cc2ccc(CCC(=O)OC)cc2)c1. The van der Waals surface area contributed by atoms with E-state index in [0.29, 0.717) is 18.5 Å². The lowest BCUT2D eigenvalue weighted by Gasteiger charge is -2.00. The maximum atomic E-state index is 11.1. The summed E-state index contributed by atoms with van der Waals surface area (Å²) in [5.41, 5.74) is 3.38. The molecule has 0 unspecified atom stereocenters. The number of rotatable bonds is 3. The molecule has 108 valence electrons. The van der Waals surface area contributed by atoms with Crippen LogP contribution in [0.1, 0.15) is 23.1 Å². The first kappa shape index (κ1) is 15.4. The van der Waals surface area contributed by atoms with E-state index in [9.17, 15) is 4.79 Å². The molecule has 0 aromatic heterocycles. The second kappa shape index (κ2) is 7.67. The highest BCUT2D eigenvalue weighted by Crippen LogP contribution is 2.13. The molecular weight excluding hydrogens is 274 g/mol. The molecule has 22 heavy (non-hydrogen) atoms. The Morgan fingerprint density at radius 2 is 1.86 bits per heavy atom. The van der Waals surface area contributed by atoms with Crippen molar-refractivity contribution in [3.05, 3.63) is 76.6 Å². The Kier molecular flexibility index (Phi) is 5.35. The van der Waals surface area contributed by atoms with E-state index in [1.807, 2.05) is 36.4 Å². The Hall–Kier alpha value is -3.04. The van der Waals surface area contributed by atoms with Crippen LogP contribution in [0, 0.1) is 18.4 Å². The van der Waals surface area contributed by atoms with Crippen molar-refractivity contribution in [2.75, 3.05) is 7.11 Å². The summed E-state index contributed by atoms with van der Waals surface area (Å²) >= 11 is 0. The van der Waals surface area contributed by atoms with Crippen molar-refractivity contribution in [3.63, 3.8) is 0 Å². The van der Waals surface area contributed by atoms with Crippen LogP contribution in [0.4, 0.5) is 5.69 Å². The fourth-order valence-electron chi connectivity index (χ4n) is 1.90. The number of benzene rings is 2. The van der Waals surface area contributed by atoms with Gasteiger partial charge in [0.05, 0.1) is 13.7 Å². The third kappa shape index (κ3) is 4.51. The average molecular weight is 289 g/mol. The summed E-state index contributed by atoms with van der Waals surface area (Å²) in [5, 5.41) is 0. The van der Waals surface area contributed by atoms with Crippen LogP contribution in [0.25, 0.3) is 4.85 Å². The Morgan fingerprint density at radius 3 is 2.55 bits per heavy atom. The maximum absolute atomic E-state index is 11.1. The second-order valence-corrected chi connectivity index (χ2v) is 4.69. The molecule has 0 N–H and O–H groups in total. The zero-order chi connectivity index (χ0) is 15.8. The first-order valence-electron chi connectivity index (χ1n) is 6.86. The Balaban J connectivity index is 2.04. The molecular formula is C19H15NO2. The molecule has 0 aliphatic rings. The number of methoxy groups -OCH3 is 1. The molecule has 0 aliphatic carbocycles. The molecule has 3 heteroatoms. The summed E-state index contributed by atoms with van der Waals surface area (Å²) in [7, 11) is 1.39. The largest absolute Gasteiger partial charge is 0.469 e. The summed E-state index contributed by atoms with van der Waals surface area (Å²) < 4.78 is 4.62. The number of hydrogen-bond donors (Lipinski definition) is 0. The number of carbonyl (C=O) groups excluding carboxylic acids is 1. The minimum Gasteiger partial charge on any atom is -0.469 e. The van der Waals surface area contributed by atoms with E-state index in [4.69, 9.17) is 6.57 Å². The lowest BCUT2D eigenvalue weighted by atomic mass is 10.1. The highest BCUT2D eigenvalue weighted by atomic mass is 16.5. The van der Waals surface area contributed by atoms with E-state index >= 15 is 0 Å². The van der Waals surface area contributed by atoms with Gasteiger partial charge < -0.3 is 4.74 Å². The molecule has 0 aliphatic heterocycles. The van der Waals surface area contributed by atoms with Crippen molar-refractivity contribution in [1.29, 1.82) is 0 Å². The fourth-order valence-corrected chi connectivity index (χ4v) is 1.90. The molecule has 0 atom stereocenters. The van der Waals surface area contributed by atoms with E-state index < -0.39 is 0 Å². The lowest BCUT2D eigenvalue weighted by Crippen LogP contribution is -2.01. The van der Waals surface area contributed by atoms with Crippen molar-refractivity contribution < 1.29 is 9.53 Å². The van der Waals surface area contributed by atoms with Gasteiger partial charge in [-0.3, -0.25) is 4.79 Å². The van der Waals surface area contributed by atoms with Gasteiger partial charge >= 0.3 is 5.97 Å². The van der Waals surface area contributed by atoms with Crippen LogP contribution in [0.5, 0.6) is 0 Å². The van der Waals surface area contributed by atoms with Crippen molar-refractivity contribution in [2.24, 2.45) is 0 Å². The fraction of sp³-hybridized carbons (Fsp3) is 0.158. The first-order chi connectivity index (χ1) is 10.7. The number of aryl methyl sites for hydroxylation is 1. The Morgan fingerprint density at radius 1 is 1.14 bits per heavy atom. The predicted octanol–water partition coefficient (Wildman–Crippen LogP) is 3.74. The molecule has 0 saturated carbocycles. The van der Waals surface area contributed by atoms with Crippen LogP contribution >= 0.6 is 0 Å². The molecule has 0 saturated heterocycles. The summed E-state index contributed by atoms with van der Waals surface area (Å²) in [5.74, 6) is 5.91. The van der Waals surface area contributed by atoms with Gasteiger partial charge in [0.15, 0.2) is 5.69 Å². The van der Waals surface area contributed by atoms with Gasteiger partial charge in [-0.05, 0) is 36.2 Å². The van der Waals surface area contributed by atoms with E-state index in [0.717, 1.165) is 16.7 Å². The normalized spacial score (nSPS) is 9.27. The van der Waals surface area contributed by atoms with Crippen LogP contribution in [0.3, 0.4) is 0 Å². The first-order valence-corrected chi connectivity index (χ1v) is 6.86. The average Bonchev–Trinajstić information content (AvgIpc) is 2.58. The molecule has 2 aromatic carbocycles. The van der Waals surface area contributed by atoms with Gasteiger partial charge in [-0.2, -0.15) is 0 Å². The lowest BCUT2D eigenvalue weighted by molar-refractivity contribution is -0.140. The topological polar surface area (TPSA) is 30.7 Å². The number of esters is 1. The standard InChI is InChI=1S/C19H15NO2/c1-20-18-5-3-4-17(14-18)11-10-15-6-8-16(9-7-15)12-13-19(21)22-2/h3-9,14H,12-13H2,2H3. The predicted molar refractivity (Wildman–Crippen MR) is 85.5 cm³/mol. The molecule has 0 heterocycles. The van der Waals surface area contributed by atoms with Gasteiger partial charge in [0.25, 0.3) is 0 Å². The Labute approximate surface area is 130 Å². The number of hydrogen-bond acceptors (Lipinski definition) is 2. The highest BCUT2D eigenvalue weighted by Gasteiger charge is 2.01. The zero-order valence-electron chi connectivity index (χ0n) is 12.3. The van der Waals surface area contributed by atoms with Crippen LogP contribution < -0.4 is 0 Å². The van der Waals surface area contributed by atoms with Crippen molar-refractivity contribution in [1.82, 2.24) is 0 Å². The maximum Gasteiger partial charge on any atom is 0.305 e. The molecule has 0 fully saturated rings. The van der Waals surface area contributed by atoms with Crippen LogP contribution in [-0.2, 0) is 16.0 Å². The van der Waals surface area contributed by atoms with Crippen molar-refractivity contribution in [2.45, 2.75) is 12.8 Å². The van der Waals surface area contributed by atoms with Crippen molar-refractivity contribution in [3.8, 4) is 11.8 Å². The summed E-state index contributed by atoms with van der Waals surface area (Å²) in [4.78, 5) is 14.5. The highest BCUT2D eigenvalue weighted by molar-refractivity contribution is 5.69. The minimum absolute atomic E-state index is 0.205. The summed E-state index contributed by atoms with van der Waals surface area (Å²) in [6.07, 6.45) is 1.04. The minimum atomic E-state index is -0.205. The monoisotopic (exact) mass is 289 g/mol. The molecule has 0 bridgehead atoms. The quantitative estimate of drug-likeness (QED) is 0.489. The number of nitrogens with zero attached hydrogens (tertiary/aromatic N) is 1. The summed E-state index contributed by atoms with van der Waals surface area (Å²) in [6.45, 7) is 6.99. The van der Waals surface area contributed by atoms with Gasteiger partial charge in [0, 0.05) is 17.5 Å². The van der Waals surface area contributed by atoms with Gasteiger partial charge in [0.2, 0.25) is 0 Å². The molecule has 3 nitrogen and oxygen atoms in total. The third-order valence-electron chi connectivity index (χ3n) is 3.13. The third-order valence-corrected chi connectivity index (χ3v) is 3.13. The molecule has 2 rings (SSSR count). The van der Waals surface area contributed by atoms with Crippen LogP contribution in [0.2, 0.25) is 0 Å². The van der Waals surface area contributed by atoms with Crippen molar-refractivity contribution >= 4 is 11.7 Å². The van der Waals surface area contributed by atoms with Gasteiger partial charge in [-0.1, -0.05) is 36.1 Å². The zero-order valence-corrected chi connectivity index (χ0v) is 12.3.